The number of hydrogen-bond acceptors (Lipinski definition) is 5. The van der Waals surface area contributed by atoms with Crippen LogP contribution in [0.3, 0.4) is 0 Å². The highest BCUT2D eigenvalue weighted by atomic mass is 32.2. The number of aromatic nitrogens is 2. The van der Waals surface area contributed by atoms with E-state index in [1.807, 2.05) is 30.5 Å². The number of anilines is 1. The third-order valence-electron chi connectivity index (χ3n) is 2.43. The Kier molecular flexibility index (Phi) is 4.76. The molecule has 0 spiro atoms. The molecule has 0 atom stereocenters. The first-order valence-electron chi connectivity index (χ1n) is 6.00. The number of rotatable bonds is 5. The summed E-state index contributed by atoms with van der Waals surface area (Å²) in [7, 11) is 0. The number of thioether (sulfide) groups is 1. The van der Waals surface area contributed by atoms with E-state index >= 15 is 0 Å². The molecule has 0 aromatic carbocycles. The SMILES string of the molecule is CCSc1cc(CNc2cccc(C#N)n2)ccn1. The number of nitriles is 1. The summed E-state index contributed by atoms with van der Waals surface area (Å²) in [6, 6.07) is 11.4. The predicted molar refractivity (Wildman–Crippen MR) is 76.9 cm³/mol. The Morgan fingerprint density at radius 3 is 3.05 bits per heavy atom. The molecule has 2 aromatic heterocycles. The average molecular weight is 270 g/mol. The molecular weight excluding hydrogens is 256 g/mol. The Morgan fingerprint density at radius 2 is 2.26 bits per heavy atom. The summed E-state index contributed by atoms with van der Waals surface area (Å²) >= 11 is 1.72. The number of nitrogens with zero attached hydrogens (tertiary/aromatic N) is 3. The molecule has 0 amide bonds. The summed E-state index contributed by atoms with van der Waals surface area (Å²) in [5.74, 6) is 1.72. The highest BCUT2D eigenvalue weighted by Crippen LogP contribution is 2.16. The normalized spacial score (nSPS) is 9.89. The van der Waals surface area contributed by atoms with Gasteiger partial charge in [-0.15, -0.1) is 11.8 Å². The predicted octanol–water partition coefficient (Wildman–Crippen LogP) is 3.07. The zero-order valence-electron chi connectivity index (χ0n) is 10.6. The van der Waals surface area contributed by atoms with Crippen molar-refractivity contribution in [1.29, 1.82) is 5.26 Å². The quantitative estimate of drug-likeness (QED) is 0.846. The first-order valence-corrected chi connectivity index (χ1v) is 6.99. The maximum atomic E-state index is 8.79. The molecule has 19 heavy (non-hydrogen) atoms. The molecule has 0 saturated carbocycles. The van der Waals surface area contributed by atoms with Crippen LogP contribution in [0, 0.1) is 11.3 Å². The average Bonchev–Trinajstić information content (AvgIpc) is 2.46. The molecule has 0 aliphatic rings. The zero-order valence-corrected chi connectivity index (χ0v) is 11.4. The van der Waals surface area contributed by atoms with Gasteiger partial charge in [-0.2, -0.15) is 5.26 Å². The lowest BCUT2D eigenvalue weighted by Crippen LogP contribution is -2.02. The lowest BCUT2D eigenvalue weighted by molar-refractivity contribution is 1.04. The van der Waals surface area contributed by atoms with Crippen LogP contribution in [0.15, 0.2) is 41.6 Å². The van der Waals surface area contributed by atoms with Crippen molar-refractivity contribution >= 4 is 17.6 Å². The van der Waals surface area contributed by atoms with Gasteiger partial charge in [0.05, 0.1) is 5.03 Å². The number of hydrogen-bond donors (Lipinski definition) is 1. The summed E-state index contributed by atoms with van der Waals surface area (Å²) in [6.07, 6.45) is 1.81. The summed E-state index contributed by atoms with van der Waals surface area (Å²) in [4.78, 5) is 8.46. The van der Waals surface area contributed by atoms with Gasteiger partial charge in [0.2, 0.25) is 0 Å². The second kappa shape index (κ2) is 6.76. The van der Waals surface area contributed by atoms with Gasteiger partial charge in [-0.25, -0.2) is 9.97 Å². The topological polar surface area (TPSA) is 61.6 Å². The van der Waals surface area contributed by atoms with E-state index in [2.05, 4.69) is 28.3 Å². The fraction of sp³-hybridized carbons (Fsp3) is 0.214. The van der Waals surface area contributed by atoms with E-state index in [0.717, 1.165) is 16.3 Å². The Balaban J connectivity index is 2.01. The third kappa shape index (κ3) is 3.97. The zero-order chi connectivity index (χ0) is 13.5. The molecule has 1 N–H and O–H groups in total. The fourth-order valence-corrected chi connectivity index (χ4v) is 2.24. The van der Waals surface area contributed by atoms with E-state index in [4.69, 9.17) is 5.26 Å². The van der Waals surface area contributed by atoms with Crippen LogP contribution in [0.2, 0.25) is 0 Å². The van der Waals surface area contributed by atoms with Crippen LogP contribution in [-0.2, 0) is 6.54 Å². The van der Waals surface area contributed by atoms with Gasteiger partial charge in [0.1, 0.15) is 17.6 Å². The van der Waals surface area contributed by atoms with E-state index < -0.39 is 0 Å². The van der Waals surface area contributed by atoms with E-state index in [0.29, 0.717) is 18.1 Å². The second-order valence-electron chi connectivity index (χ2n) is 3.81. The highest BCUT2D eigenvalue weighted by Gasteiger charge is 1.99. The molecule has 0 aliphatic carbocycles. The molecule has 2 heterocycles. The third-order valence-corrected chi connectivity index (χ3v) is 3.24. The van der Waals surface area contributed by atoms with Crippen LogP contribution in [0.5, 0.6) is 0 Å². The molecule has 0 aliphatic heterocycles. The summed E-state index contributed by atoms with van der Waals surface area (Å²) in [5.41, 5.74) is 1.57. The molecule has 2 rings (SSSR count). The van der Waals surface area contributed by atoms with Gasteiger partial charge in [0, 0.05) is 12.7 Å². The van der Waals surface area contributed by atoms with Gasteiger partial charge in [-0.1, -0.05) is 13.0 Å². The maximum absolute atomic E-state index is 8.79. The Bertz CT molecular complexity index is 592. The van der Waals surface area contributed by atoms with Crippen molar-refractivity contribution in [3.63, 3.8) is 0 Å². The minimum Gasteiger partial charge on any atom is -0.366 e. The van der Waals surface area contributed by atoms with E-state index in [1.165, 1.54) is 0 Å². The van der Waals surface area contributed by atoms with Crippen molar-refractivity contribution in [2.24, 2.45) is 0 Å². The van der Waals surface area contributed by atoms with Gasteiger partial charge in [0.25, 0.3) is 0 Å². The molecule has 0 saturated heterocycles. The van der Waals surface area contributed by atoms with Crippen LogP contribution in [0.25, 0.3) is 0 Å². The monoisotopic (exact) mass is 270 g/mol. The molecular formula is C14H14N4S. The van der Waals surface area contributed by atoms with Crippen molar-refractivity contribution < 1.29 is 0 Å². The number of pyridine rings is 2. The summed E-state index contributed by atoms with van der Waals surface area (Å²) in [5, 5.41) is 13.0. The molecule has 4 nitrogen and oxygen atoms in total. The van der Waals surface area contributed by atoms with Crippen LogP contribution in [0.4, 0.5) is 5.82 Å². The van der Waals surface area contributed by atoms with E-state index in [1.54, 1.807) is 17.8 Å². The first kappa shape index (κ1) is 13.4. The smallest absolute Gasteiger partial charge is 0.142 e. The van der Waals surface area contributed by atoms with Gasteiger partial charge < -0.3 is 5.32 Å². The first-order chi connectivity index (χ1) is 9.31. The fourth-order valence-electron chi connectivity index (χ4n) is 1.58. The lowest BCUT2D eigenvalue weighted by atomic mass is 10.2. The van der Waals surface area contributed by atoms with Gasteiger partial charge in [-0.3, -0.25) is 0 Å². The molecule has 2 aromatic rings. The Morgan fingerprint density at radius 1 is 1.37 bits per heavy atom. The standard InChI is InChI=1S/C14H14N4S/c1-2-19-14-8-11(6-7-16-14)10-17-13-5-3-4-12(9-15)18-13/h3-8H,2,10H2,1H3,(H,17,18). The van der Waals surface area contributed by atoms with Crippen LogP contribution in [0.1, 0.15) is 18.2 Å². The van der Waals surface area contributed by atoms with Gasteiger partial charge in [-0.05, 0) is 35.6 Å². The van der Waals surface area contributed by atoms with Crippen molar-refractivity contribution in [1.82, 2.24) is 9.97 Å². The highest BCUT2D eigenvalue weighted by molar-refractivity contribution is 7.99. The van der Waals surface area contributed by atoms with Crippen molar-refractivity contribution in [2.75, 3.05) is 11.1 Å². The van der Waals surface area contributed by atoms with Crippen molar-refractivity contribution in [3.05, 3.63) is 47.8 Å². The largest absolute Gasteiger partial charge is 0.366 e. The van der Waals surface area contributed by atoms with Gasteiger partial charge in [0.15, 0.2) is 0 Å². The van der Waals surface area contributed by atoms with Crippen LogP contribution < -0.4 is 5.32 Å². The summed E-state index contributed by atoms with van der Waals surface area (Å²) in [6.45, 7) is 2.77. The molecule has 96 valence electrons. The molecule has 0 radical (unpaired) electrons. The van der Waals surface area contributed by atoms with Gasteiger partial charge >= 0.3 is 0 Å². The molecule has 0 unspecified atom stereocenters. The Labute approximate surface area is 116 Å². The van der Waals surface area contributed by atoms with Crippen LogP contribution in [-0.4, -0.2) is 15.7 Å². The van der Waals surface area contributed by atoms with Crippen molar-refractivity contribution in [3.8, 4) is 6.07 Å². The van der Waals surface area contributed by atoms with Crippen LogP contribution >= 0.6 is 11.8 Å². The summed E-state index contributed by atoms with van der Waals surface area (Å²) < 4.78 is 0. The molecule has 5 heteroatoms. The van der Waals surface area contributed by atoms with E-state index in [-0.39, 0.29) is 0 Å². The van der Waals surface area contributed by atoms with Crippen molar-refractivity contribution in [2.45, 2.75) is 18.5 Å². The maximum Gasteiger partial charge on any atom is 0.142 e. The second-order valence-corrected chi connectivity index (χ2v) is 5.09. The Hall–Kier alpha value is -2.06. The minimum atomic E-state index is 0.418. The lowest BCUT2D eigenvalue weighted by Gasteiger charge is -2.06. The molecule has 0 bridgehead atoms. The molecule has 0 fully saturated rings. The number of nitrogens with one attached hydrogen (secondary N) is 1. The minimum absolute atomic E-state index is 0.418. The van der Waals surface area contributed by atoms with E-state index in [9.17, 15) is 0 Å².